The highest BCUT2D eigenvalue weighted by Crippen LogP contribution is 2.48. The highest BCUT2D eigenvalue weighted by molar-refractivity contribution is 5.87. The molecule has 2 amide bonds. The Labute approximate surface area is 184 Å². The SMILES string of the molecule is COc1ccc(C=[N+]2C=C(O)NC2=O)cc1-c1cc2c(cc1C)C(C)(C)CCC2(C)C. The van der Waals surface area contributed by atoms with E-state index in [2.05, 4.69) is 52.1 Å². The average molecular weight is 420 g/mol. The molecule has 0 saturated carbocycles. The third-order valence-electron chi connectivity index (χ3n) is 6.73. The van der Waals surface area contributed by atoms with Crippen molar-refractivity contribution in [3.05, 3.63) is 64.7 Å². The van der Waals surface area contributed by atoms with Crippen LogP contribution in [0.25, 0.3) is 11.1 Å². The van der Waals surface area contributed by atoms with Gasteiger partial charge in [0.05, 0.1) is 7.11 Å². The van der Waals surface area contributed by atoms with Crippen molar-refractivity contribution in [1.82, 2.24) is 5.32 Å². The van der Waals surface area contributed by atoms with Gasteiger partial charge in [-0.25, -0.2) is 0 Å². The van der Waals surface area contributed by atoms with Gasteiger partial charge in [-0.05, 0) is 77.1 Å². The van der Waals surface area contributed by atoms with Crippen molar-refractivity contribution in [3.63, 3.8) is 0 Å². The van der Waals surface area contributed by atoms with Gasteiger partial charge in [-0.1, -0.05) is 33.8 Å². The van der Waals surface area contributed by atoms with Crippen LogP contribution in [0.15, 0.2) is 42.4 Å². The topological polar surface area (TPSA) is 61.6 Å². The van der Waals surface area contributed by atoms with Crippen molar-refractivity contribution in [2.45, 2.75) is 58.3 Å². The van der Waals surface area contributed by atoms with E-state index in [4.69, 9.17) is 4.74 Å². The van der Waals surface area contributed by atoms with Crippen LogP contribution >= 0.6 is 0 Å². The number of urea groups is 1. The largest absolute Gasteiger partial charge is 0.503 e. The first-order valence-corrected chi connectivity index (χ1v) is 10.7. The number of hydrogen-bond acceptors (Lipinski definition) is 3. The van der Waals surface area contributed by atoms with Gasteiger partial charge in [-0.3, -0.25) is 0 Å². The predicted octanol–water partition coefficient (Wildman–Crippen LogP) is 5.53. The Kier molecular flexibility index (Phi) is 4.95. The molecule has 5 nitrogen and oxygen atoms in total. The molecule has 2 aliphatic rings. The normalized spacial score (nSPS) is 20.3. The van der Waals surface area contributed by atoms with Crippen molar-refractivity contribution in [2.75, 3.05) is 7.11 Å². The van der Waals surface area contributed by atoms with E-state index in [0.29, 0.717) is 0 Å². The molecule has 5 heteroatoms. The Morgan fingerprint density at radius 1 is 1.03 bits per heavy atom. The van der Waals surface area contributed by atoms with Crippen molar-refractivity contribution in [3.8, 4) is 16.9 Å². The molecule has 4 rings (SSSR count). The maximum Gasteiger partial charge on any atom is 0.503 e. The summed E-state index contributed by atoms with van der Waals surface area (Å²) in [5.41, 5.74) is 7.27. The molecule has 1 heterocycles. The van der Waals surface area contributed by atoms with Gasteiger partial charge in [0, 0.05) is 11.1 Å². The van der Waals surface area contributed by atoms with Gasteiger partial charge in [0.2, 0.25) is 0 Å². The fourth-order valence-electron chi connectivity index (χ4n) is 4.68. The van der Waals surface area contributed by atoms with Gasteiger partial charge in [0.15, 0.2) is 6.20 Å². The second-order valence-corrected chi connectivity index (χ2v) is 9.92. The number of carbonyl (C=O) groups is 1. The maximum absolute atomic E-state index is 12.0. The number of carbonyl (C=O) groups excluding carboxylic acids is 1. The van der Waals surface area contributed by atoms with Gasteiger partial charge in [-0.2, -0.15) is 14.7 Å². The lowest BCUT2D eigenvalue weighted by Gasteiger charge is -2.42. The van der Waals surface area contributed by atoms with E-state index in [9.17, 15) is 9.90 Å². The van der Waals surface area contributed by atoms with E-state index in [1.54, 1.807) is 13.3 Å². The smallest absolute Gasteiger partial charge is 0.496 e. The highest BCUT2D eigenvalue weighted by atomic mass is 16.5. The molecule has 2 aromatic rings. The molecule has 31 heavy (non-hydrogen) atoms. The van der Waals surface area contributed by atoms with Crippen molar-refractivity contribution in [1.29, 1.82) is 0 Å². The van der Waals surface area contributed by atoms with Crippen LogP contribution in [0, 0.1) is 6.92 Å². The first-order valence-electron chi connectivity index (χ1n) is 10.7. The lowest BCUT2D eigenvalue weighted by molar-refractivity contribution is -0.336. The van der Waals surface area contributed by atoms with E-state index in [1.807, 2.05) is 18.2 Å². The molecule has 0 spiro atoms. The molecule has 1 aliphatic carbocycles. The van der Waals surface area contributed by atoms with E-state index < -0.39 is 0 Å². The molecule has 0 fully saturated rings. The first-order chi connectivity index (χ1) is 14.5. The summed E-state index contributed by atoms with van der Waals surface area (Å²) in [7, 11) is 1.68. The zero-order valence-electron chi connectivity index (χ0n) is 19.2. The number of nitrogens with one attached hydrogen (secondary N) is 1. The molecule has 0 saturated heterocycles. The highest BCUT2D eigenvalue weighted by Gasteiger charge is 2.37. The molecule has 0 radical (unpaired) electrons. The minimum absolute atomic E-state index is 0.111. The van der Waals surface area contributed by atoms with E-state index in [-0.39, 0.29) is 22.7 Å². The number of hydrogen-bond donors (Lipinski definition) is 2. The Bertz CT molecular complexity index is 1140. The predicted molar refractivity (Wildman–Crippen MR) is 123 cm³/mol. The zero-order chi connectivity index (χ0) is 22.6. The number of aryl methyl sites for hydroxylation is 1. The van der Waals surface area contributed by atoms with Crippen LogP contribution in [-0.4, -0.2) is 29.0 Å². The summed E-state index contributed by atoms with van der Waals surface area (Å²) in [5, 5.41) is 11.9. The van der Waals surface area contributed by atoms with Crippen LogP contribution in [0.4, 0.5) is 4.79 Å². The quantitative estimate of drug-likeness (QED) is 0.643. The number of ether oxygens (including phenoxy) is 1. The zero-order valence-corrected chi connectivity index (χ0v) is 19.2. The average Bonchev–Trinajstić information content (AvgIpc) is 3.02. The second kappa shape index (κ2) is 7.26. The van der Waals surface area contributed by atoms with Crippen LogP contribution in [-0.2, 0) is 10.8 Å². The monoisotopic (exact) mass is 419 g/mol. The molecule has 2 aromatic carbocycles. The van der Waals surface area contributed by atoms with E-state index in [1.165, 1.54) is 33.9 Å². The van der Waals surface area contributed by atoms with Crippen molar-refractivity contribution in [2.24, 2.45) is 0 Å². The number of fused-ring (bicyclic) bond motifs is 1. The van der Waals surface area contributed by atoms with Crippen molar-refractivity contribution >= 4 is 12.2 Å². The van der Waals surface area contributed by atoms with Crippen LogP contribution < -0.4 is 10.1 Å². The van der Waals surface area contributed by atoms with Gasteiger partial charge >= 0.3 is 11.9 Å². The minimum atomic E-state index is -0.385. The lowest BCUT2D eigenvalue weighted by atomic mass is 9.62. The Morgan fingerprint density at radius 3 is 2.26 bits per heavy atom. The maximum atomic E-state index is 12.0. The van der Waals surface area contributed by atoms with Crippen molar-refractivity contribution < 1.29 is 19.2 Å². The van der Waals surface area contributed by atoms with E-state index in [0.717, 1.165) is 28.9 Å². The van der Waals surface area contributed by atoms with Crippen LogP contribution in [0.5, 0.6) is 5.75 Å². The minimum Gasteiger partial charge on any atom is -0.496 e. The number of rotatable bonds is 3. The van der Waals surface area contributed by atoms with Gasteiger partial charge < -0.3 is 9.84 Å². The van der Waals surface area contributed by atoms with Crippen LogP contribution in [0.1, 0.15) is 62.8 Å². The number of amides is 2. The van der Waals surface area contributed by atoms with Gasteiger partial charge in [0.1, 0.15) is 12.0 Å². The van der Waals surface area contributed by atoms with Crippen LogP contribution in [0.3, 0.4) is 0 Å². The number of methoxy groups -OCH3 is 1. The Balaban J connectivity index is 1.88. The molecule has 1 aliphatic heterocycles. The number of aliphatic hydroxyl groups excluding tert-OH is 1. The fourth-order valence-corrected chi connectivity index (χ4v) is 4.68. The summed E-state index contributed by atoms with van der Waals surface area (Å²) in [5.74, 6) is 0.628. The molecular formula is C26H31N2O3+. The summed E-state index contributed by atoms with van der Waals surface area (Å²) in [4.78, 5) is 12.0. The van der Waals surface area contributed by atoms with E-state index >= 15 is 0 Å². The molecule has 162 valence electrons. The third kappa shape index (κ3) is 3.73. The number of nitrogens with zero attached hydrogens (tertiary/aromatic N) is 1. The standard InChI is InChI=1S/C26H30N2O3/c1-16-11-20-21(26(4,5)10-9-25(20,2)3)13-18(16)19-12-17(7-8-22(19)31-6)14-28-15-23(29)27-24(28)30/h7-8,11-15H,9-10H2,1-6H3,(H-,27,29,30)/p+1. The lowest BCUT2D eigenvalue weighted by Crippen LogP contribution is -2.34. The Morgan fingerprint density at radius 2 is 1.68 bits per heavy atom. The van der Waals surface area contributed by atoms with Gasteiger partial charge in [0.25, 0.3) is 0 Å². The molecule has 2 N–H and O–H groups in total. The number of aliphatic hydroxyl groups is 1. The fraction of sp³-hybridized carbons (Fsp3) is 0.385. The molecular weight excluding hydrogens is 388 g/mol. The molecule has 0 atom stereocenters. The molecule has 0 unspecified atom stereocenters. The number of benzene rings is 2. The summed E-state index contributed by atoms with van der Waals surface area (Å²) in [6.07, 6.45) is 5.39. The summed E-state index contributed by atoms with van der Waals surface area (Å²) in [6, 6.07) is 10.2. The summed E-state index contributed by atoms with van der Waals surface area (Å²) >= 11 is 0. The molecule has 0 bridgehead atoms. The first kappa shape index (κ1) is 21.2. The second-order valence-electron chi connectivity index (χ2n) is 9.92. The molecule has 0 aromatic heterocycles. The van der Waals surface area contributed by atoms with Gasteiger partial charge in [-0.15, -0.1) is 0 Å². The summed E-state index contributed by atoms with van der Waals surface area (Å²) < 4.78 is 7.04. The van der Waals surface area contributed by atoms with Crippen LogP contribution in [0.2, 0.25) is 0 Å². The Hall–Kier alpha value is -3.08. The third-order valence-corrected chi connectivity index (χ3v) is 6.73. The summed E-state index contributed by atoms with van der Waals surface area (Å²) in [6.45, 7) is 11.5.